The summed E-state index contributed by atoms with van der Waals surface area (Å²) < 4.78 is 0. The van der Waals surface area contributed by atoms with Crippen LogP contribution in [-0.4, -0.2) is 11.8 Å². The smallest absolute Gasteiger partial charge is 0.161 e. The molecule has 2 unspecified atom stereocenters. The second kappa shape index (κ2) is 6.09. The number of nitrogen functional groups attached to an aromatic ring is 1. The van der Waals surface area contributed by atoms with E-state index in [1.54, 1.807) is 6.92 Å². The molecule has 1 aliphatic rings. The molecule has 0 heterocycles. The molecule has 0 aromatic heterocycles. The molecule has 1 fully saturated rings. The van der Waals surface area contributed by atoms with Gasteiger partial charge in [-0.15, -0.1) is 0 Å². The molecule has 0 saturated heterocycles. The van der Waals surface area contributed by atoms with Crippen molar-refractivity contribution < 1.29 is 4.79 Å². The summed E-state index contributed by atoms with van der Waals surface area (Å²) in [5.41, 5.74) is 8.01. The molecule has 1 aromatic rings. The van der Waals surface area contributed by atoms with E-state index in [0.717, 1.165) is 11.6 Å². The van der Waals surface area contributed by atoms with Gasteiger partial charge in [-0.1, -0.05) is 19.8 Å². The quantitative estimate of drug-likeness (QED) is 0.493. The third-order valence-corrected chi connectivity index (χ3v) is 4.06. The zero-order valence-electron chi connectivity index (χ0n) is 11.9. The normalized spacial score (nSPS) is 23.7. The lowest BCUT2D eigenvalue weighted by molar-refractivity contribution is 0.101. The summed E-state index contributed by atoms with van der Waals surface area (Å²) in [7, 11) is 0. The Morgan fingerprint density at radius 2 is 2.05 bits per heavy atom. The molecule has 104 valence electrons. The minimum Gasteiger partial charge on any atom is -0.398 e. The number of carbonyl (C=O) groups excluding carboxylic acids is 1. The van der Waals surface area contributed by atoms with Crippen LogP contribution in [0.3, 0.4) is 0 Å². The zero-order valence-corrected chi connectivity index (χ0v) is 11.9. The Bertz CT molecular complexity index is 456. The molecule has 1 saturated carbocycles. The summed E-state index contributed by atoms with van der Waals surface area (Å²) in [6, 6.07) is 6.19. The van der Waals surface area contributed by atoms with E-state index < -0.39 is 0 Å². The largest absolute Gasteiger partial charge is 0.398 e. The maximum absolute atomic E-state index is 11.5. The standard InChI is InChI=1S/C16H24N2O/c1-11-4-3-5-13(7-6-11)18-14-8-9-16(17)15(10-14)12(2)19/h8-11,13,18H,3-7,17H2,1-2H3. The highest BCUT2D eigenvalue weighted by molar-refractivity contribution is 6.00. The van der Waals surface area contributed by atoms with Gasteiger partial charge >= 0.3 is 0 Å². The molecule has 0 amide bonds. The van der Waals surface area contributed by atoms with E-state index in [9.17, 15) is 4.79 Å². The number of hydrogen-bond donors (Lipinski definition) is 2. The molecule has 0 radical (unpaired) electrons. The topological polar surface area (TPSA) is 55.1 Å². The molecule has 2 rings (SSSR count). The Balaban J connectivity index is 2.06. The van der Waals surface area contributed by atoms with Crippen molar-refractivity contribution in [2.75, 3.05) is 11.1 Å². The predicted molar refractivity (Wildman–Crippen MR) is 80.5 cm³/mol. The van der Waals surface area contributed by atoms with Crippen molar-refractivity contribution in [2.24, 2.45) is 5.92 Å². The van der Waals surface area contributed by atoms with Crippen molar-refractivity contribution in [1.29, 1.82) is 0 Å². The molecule has 19 heavy (non-hydrogen) atoms. The molecule has 0 aliphatic heterocycles. The average molecular weight is 260 g/mol. The number of nitrogens with one attached hydrogen (secondary N) is 1. The first-order chi connectivity index (χ1) is 9.06. The average Bonchev–Trinajstić information content (AvgIpc) is 2.56. The van der Waals surface area contributed by atoms with Crippen LogP contribution >= 0.6 is 0 Å². The first kappa shape index (κ1) is 13.9. The second-order valence-electron chi connectivity index (χ2n) is 5.81. The lowest BCUT2D eigenvalue weighted by Gasteiger charge is -2.18. The third-order valence-electron chi connectivity index (χ3n) is 4.06. The van der Waals surface area contributed by atoms with Crippen LogP contribution in [0.15, 0.2) is 18.2 Å². The number of carbonyl (C=O) groups is 1. The molecule has 3 N–H and O–H groups in total. The molecule has 2 atom stereocenters. The van der Waals surface area contributed by atoms with E-state index >= 15 is 0 Å². The van der Waals surface area contributed by atoms with Crippen molar-refractivity contribution in [3.63, 3.8) is 0 Å². The number of benzene rings is 1. The monoisotopic (exact) mass is 260 g/mol. The Morgan fingerprint density at radius 3 is 2.79 bits per heavy atom. The molecular formula is C16H24N2O. The van der Waals surface area contributed by atoms with E-state index in [1.807, 2.05) is 18.2 Å². The summed E-state index contributed by atoms with van der Waals surface area (Å²) in [5, 5.41) is 3.56. The van der Waals surface area contributed by atoms with Crippen LogP contribution in [0.1, 0.15) is 56.3 Å². The van der Waals surface area contributed by atoms with Crippen molar-refractivity contribution in [3.8, 4) is 0 Å². The minimum atomic E-state index is 0.0237. The van der Waals surface area contributed by atoms with Crippen LogP contribution in [0.4, 0.5) is 11.4 Å². The zero-order chi connectivity index (χ0) is 13.8. The number of rotatable bonds is 3. The molecule has 3 nitrogen and oxygen atoms in total. The maximum atomic E-state index is 11.5. The summed E-state index contributed by atoms with van der Waals surface area (Å²) in [6.45, 7) is 3.89. The fraction of sp³-hybridized carbons (Fsp3) is 0.562. The lowest BCUT2D eigenvalue weighted by Crippen LogP contribution is -2.18. The highest BCUT2D eigenvalue weighted by Crippen LogP contribution is 2.26. The van der Waals surface area contributed by atoms with Crippen molar-refractivity contribution in [1.82, 2.24) is 0 Å². The fourth-order valence-electron chi connectivity index (χ4n) is 2.82. The second-order valence-corrected chi connectivity index (χ2v) is 5.81. The van der Waals surface area contributed by atoms with Crippen LogP contribution < -0.4 is 11.1 Å². The summed E-state index contributed by atoms with van der Waals surface area (Å²) in [6.07, 6.45) is 6.32. The molecule has 0 bridgehead atoms. The van der Waals surface area contributed by atoms with E-state index in [-0.39, 0.29) is 5.78 Å². The molecular weight excluding hydrogens is 236 g/mol. The molecule has 3 heteroatoms. The number of nitrogens with two attached hydrogens (primary N) is 1. The van der Waals surface area contributed by atoms with E-state index in [2.05, 4.69) is 12.2 Å². The first-order valence-electron chi connectivity index (χ1n) is 7.23. The van der Waals surface area contributed by atoms with Gasteiger partial charge in [0.2, 0.25) is 0 Å². The number of anilines is 2. The Hall–Kier alpha value is -1.51. The van der Waals surface area contributed by atoms with Crippen molar-refractivity contribution in [2.45, 2.75) is 52.0 Å². The Labute approximate surface area is 115 Å². The highest BCUT2D eigenvalue weighted by Gasteiger charge is 2.16. The minimum absolute atomic E-state index is 0.0237. The van der Waals surface area contributed by atoms with Crippen LogP contribution in [0.5, 0.6) is 0 Å². The summed E-state index contributed by atoms with van der Waals surface area (Å²) >= 11 is 0. The highest BCUT2D eigenvalue weighted by atomic mass is 16.1. The van der Waals surface area contributed by atoms with Gasteiger partial charge in [0, 0.05) is 23.0 Å². The Kier molecular flexibility index (Phi) is 4.46. The third kappa shape index (κ3) is 3.72. The SMILES string of the molecule is CC(=O)c1cc(NC2CCCC(C)CC2)ccc1N. The van der Waals surface area contributed by atoms with Gasteiger partial charge < -0.3 is 11.1 Å². The number of Topliss-reactive ketones (excluding diaryl/α,β-unsaturated/α-hetero) is 1. The number of hydrogen-bond acceptors (Lipinski definition) is 3. The van der Waals surface area contributed by atoms with Gasteiger partial charge in [-0.2, -0.15) is 0 Å². The van der Waals surface area contributed by atoms with Gasteiger partial charge in [0.05, 0.1) is 0 Å². The summed E-state index contributed by atoms with van der Waals surface area (Å²) in [4.78, 5) is 11.5. The molecule has 0 spiro atoms. The predicted octanol–water partition coefficient (Wildman–Crippen LogP) is 3.85. The molecule has 1 aliphatic carbocycles. The van der Waals surface area contributed by atoms with E-state index in [1.165, 1.54) is 32.1 Å². The van der Waals surface area contributed by atoms with Crippen molar-refractivity contribution >= 4 is 17.2 Å². The maximum Gasteiger partial charge on any atom is 0.161 e. The van der Waals surface area contributed by atoms with Crippen LogP contribution in [0.2, 0.25) is 0 Å². The first-order valence-corrected chi connectivity index (χ1v) is 7.23. The summed E-state index contributed by atoms with van der Waals surface area (Å²) in [5.74, 6) is 0.863. The van der Waals surface area contributed by atoms with Crippen LogP contribution in [0.25, 0.3) is 0 Å². The van der Waals surface area contributed by atoms with Gasteiger partial charge in [-0.05, 0) is 50.3 Å². The van der Waals surface area contributed by atoms with Crippen molar-refractivity contribution in [3.05, 3.63) is 23.8 Å². The van der Waals surface area contributed by atoms with E-state index in [4.69, 9.17) is 5.73 Å². The van der Waals surface area contributed by atoms with E-state index in [0.29, 0.717) is 17.3 Å². The van der Waals surface area contributed by atoms with Gasteiger partial charge in [0.25, 0.3) is 0 Å². The van der Waals surface area contributed by atoms with Gasteiger partial charge in [-0.3, -0.25) is 4.79 Å². The van der Waals surface area contributed by atoms with Gasteiger partial charge in [0.15, 0.2) is 5.78 Å². The number of ketones is 1. The fourth-order valence-corrected chi connectivity index (χ4v) is 2.82. The lowest BCUT2D eigenvalue weighted by atomic mass is 10.0. The Morgan fingerprint density at radius 1 is 1.26 bits per heavy atom. The molecule has 1 aromatic carbocycles. The van der Waals surface area contributed by atoms with Crippen LogP contribution in [0, 0.1) is 5.92 Å². The van der Waals surface area contributed by atoms with Gasteiger partial charge in [-0.25, -0.2) is 0 Å². The van der Waals surface area contributed by atoms with Gasteiger partial charge in [0.1, 0.15) is 0 Å². The van der Waals surface area contributed by atoms with Crippen LogP contribution in [-0.2, 0) is 0 Å².